The van der Waals surface area contributed by atoms with Crippen LogP contribution in [0.3, 0.4) is 0 Å². The van der Waals surface area contributed by atoms with Crippen LogP contribution in [0.4, 0.5) is 4.39 Å². The normalized spacial score (nSPS) is 11.1. The summed E-state index contributed by atoms with van der Waals surface area (Å²) in [7, 11) is 2.99. The molecule has 1 N–H and O–H groups in total. The molecule has 0 atom stereocenters. The van der Waals surface area contributed by atoms with Gasteiger partial charge in [0.25, 0.3) is 5.91 Å². The Bertz CT molecular complexity index is 1440. The van der Waals surface area contributed by atoms with E-state index in [-0.39, 0.29) is 23.8 Å². The monoisotopic (exact) mass is 490 g/mol. The molecule has 0 radical (unpaired) electrons. The number of hydrogen-bond acceptors (Lipinski definition) is 6. The number of carbonyl (C=O) groups is 2. The van der Waals surface area contributed by atoms with Gasteiger partial charge >= 0.3 is 0 Å². The lowest BCUT2D eigenvalue weighted by atomic mass is 10.1. The Morgan fingerprint density at radius 1 is 1.09 bits per heavy atom. The molecule has 2 heterocycles. The Morgan fingerprint density at radius 3 is 2.63 bits per heavy atom. The first-order valence-electron chi connectivity index (χ1n) is 10.8. The van der Waals surface area contributed by atoms with Gasteiger partial charge in [-0.15, -0.1) is 11.3 Å². The zero-order chi connectivity index (χ0) is 24.9. The van der Waals surface area contributed by atoms with Crippen LogP contribution in [-0.2, 0) is 0 Å². The molecule has 0 fully saturated rings. The molecular formula is C27H23FN2O4S. The lowest BCUT2D eigenvalue weighted by Gasteiger charge is -2.10. The van der Waals surface area contributed by atoms with Crippen LogP contribution in [0.5, 0.6) is 11.5 Å². The molecule has 2 aromatic carbocycles. The molecule has 2 aromatic heterocycles. The van der Waals surface area contributed by atoms with Crippen LogP contribution in [0.25, 0.3) is 27.4 Å². The summed E-state index contributed by atoms with van der Waals surface area (Å²) in [5.41, 5.74) is 2.63. The highest BCUT2D eigenvalue weighted by Crippen LogP contribution is 2.35. The minimum Gasteiger partial charge on any atom is -0.493 e. The van der Waals surface area contributed by atoms with Gasteiger partial charge in [0.15, 0.2) is 17.3 Å². The highest BCUT2D eigenvalue weighted by Gasteiger charge is 2.17. The van der Waals surface area contributed by atoms with Gasteiger partial charge < -0.3 is 14.8 Å². The van der Waals surface area contributed by atoms with E-state index in [0.717, 1.165) is 16.5 Å². The maximum absolute atomic E-state index is 14.2. The van der Waals surface area contributed by atoms with Gasteiger partial charge in [-0.2, -0.15) is 0 Å². The molecule has 0 saturated carbocycles. The first-order chi connectivity index (χ1) is 16.9. The number of methoxy groups -OCH3 is 2. The molecule has 8 heteroatoms. The number of rotatable bonds is 8. The second kappa shape index (κ2) is 10.5. The second-order valence-corrected chi connectivity index (χ2v) is 8.49. The molecule has 0 spiro atoms. The lowest BCUT2D eigenvalue weighted by Crippen LogP contribution is -2.30. The van der Waals surface area contributed by atoms with E-state index < -0.39 is 5.91 Å². The topological polar surface area (TPSA) is 77.5 Å². The molecule has 0 bridgehead atoms. The molecule has 4 rings (SSSR count). The highest BCUT2D eigenvalue weighted by molar-refractivity contribution is 7.17. The van der Waals surface area contributed by atoms with E-state index in [0.29, 0.717) is 27.5 Å². The molecule has 0 unspecified atom stereocenters. The quantitative estimate of drug-likeness (QED) is 0.318. The third-order valence-corrected chi connectivity index (χ3v) is 6.38. The van der Waals surface area contributed by atoms with Crippen molar-refractivity contribution in [2.24, 2.45) is 0 Å². The van der Waals surface area contributed by atoms with Gasteiger partial charge in [0.05, 0.1) is 31.2 Å². The van der Waals surface area contributed by atoms with Gasteiger partial charge in [0.2, 0.25) is 0 Å². The van der Waals surface area contributed by atoms with Crippen molar-refractivity contribution in [3.8, 4) is 22.8 Å². The average molecular weight is 491 g/mol. The van der Waals surface area contributed by atoms with Crippen molar-refractivity contribution in [2.75, 3.05) is 20.8 Å². The summed E-state index contributed by atoms with van der Waals surface area (Å²) in [4.78, 5) is 30.2. The van der Waals surface area contributed by atoms with Crippen LogP contribution in [0.1, 0.15) is 33.3 Å². The van der Waals surface area contributed by atoms with Crippen LogP contribution < -0.4 is 14.8 Å². The van der Waals surface area contributed by atoms with Crippen LogP contribution >= 0.6 is 11.3 Å². The maximum Gasteiger partial charge on any atom is 0.251 e. The minimum atomic E-state index is -0.427. The van der Waals surface area contributed by atoms with Crippen LogP contribution in [0.15, 0.2) is 60.0 Å². The number of pyridine rings is 1. The molecule has 6 nitrogen and oxygen atoms in total. The molecule has 4 aromatic rings. The number of amides is 1. The van der Waals surface area contributed by atoms with Crippen molar-refractivity contribution in [3.63, 3.8) is 0 Å². The van der Waals surface area contributed by atoms with Gasteiger partial charge in [-0.1, -0.05) is 24.3 Å². The highest BCUT2D eigenvalue weighted by atomic mass is 32.1. The molecule has 178 valence electrons. The summed E-state index contributed by atoms with van der Waals surface area (Å²) in [6.07, 6.45) is 3.72. The molecule has 35 heavy (non-hydrogen) atoms. The first kappa shape index (κ1) is 24.1. The van der Waals surface area contributed by atoms with E-state index in [1.54, 1.807) is 30.3 Å². The predicted octanol–water partition coefficient (Wildman–Crippen LogP) is 5.77. The smallest absolute Gasteiger partial charge is 0.251 e. The minimum absolute atomic E-state index is 0.207. The fraction of sp³-hybridized carbons (Fsp3) is 0.148. The number of nitrogens with one attached hydrogen (secondary N) is 1. The number of nitrogens with zero attached hydrogens (tertiary/aromatic N) is 1. The number of hydrogen-bond donors (Lipinski definition) is 1. The van der Waals surface area contributed by atoms with Gasteiger partial charge in [-0.25, -0.2) is 9.37 Å². The molecule has 0 saturated heterocycles. The van der Waals surface area contributed by atoms with Gasteiger partial charge in [-0.05, 0) is 48.9 Å². The number of Topliss-reactive ketones (excluding diaryl/α,β-unsaturated/α-hetero) is 1. The zero-order valence-electron chi connectivity index (χ0n) is 19.4. The van der Waals surface area contributed by atoms with Crippen molar-refractivity contribution >= 4 is 39.2 Å². The first-order valence-corrected chi connectivity index (χ1v) is 11.7. The Labute approximate surface area is 206 Å². The van der Waals surface area contributed by atoms with E-state index in [9.17, 15) is 14.0 Å². The molecule has 0 aliphatic carbocycles. The van der Waals surface area contributed by atoms with E-state index in [1.165, 1.54) is 31.6 Å². The molecule has 1 amide bonds. The Hall–Kier alpha value is -4.04. The van der Waals surface area contributed by atoms with Crippen molar-refractivity contribution in [1.82, 2.24) is 10.3 Å². The summed E-state index contributed by atoms with van der Waals surface area (Å²) in [5, 5.41) is 5.21. The number of benzene rings is 2. The number of allylic oxidation sites excluding steroid dienone is 1. The second-order valence-electron chi connectivity index (χ2n) is 7.61. The van der Waals surface area contributed by atoms with Gasteiger partial charge in [-0.3, -0.25) is 9.59 Å². The van der Waals surface area contributed by atoms with E-state index in [1.807, 2.05) is 36.6 Å². The summed E-state index contributed by atoms with van der Waals surface area (Å²) in [6, 6.07) is 13.2. The van der Waals surface area contributed by atoms with E-state index in [4.69, 9.17) is 9.47 Å². The van der Waals surface area contributed by atoms with Crippen molar-refractivity contribution < 1.29 is 23.5 Å². The summed E-state index contributed by atoms with van der Waals surface area (Å²) in [6.45, 7) is 1.64. The molecule has 0 aliphatic heterocycles. The summed E-state index contributed by atoms with van der Waals surface area (Å²) >= 11 is 1.29. The number of ketones is 1. The SMILES string of the molecule is C/C=C\c1cc(C(=O)CNC(=O)c2ccc(OC)c(OC)c2)nc(-c2csc3c(F)cccc23)c1. The number of fused-ring (bicyclic) bond motifs is 1. The average Bonchev–Trinajstić information content (AvgIpc) is 3.32. The maximum atomic E-state index is 14.2. The van der Waals surface area contributed by atoms with Crippen LogP contribution in [0.2, 0.25) is 0 Å². The van der Waals surface area contributed by atoms with Crippen molar-refractivity contribution in [1.29, 1.82) is 0 Å². The summed E-state index contributed by atoms with van der Waals surface area (Å²) < 4.78 is 25.2. The standard InChI is InChI=1S/C27H23FN2O4S/c1-4-6-16-11-21(19-15-35-26-18(19)7-5-8-20(26)28)30-22(12-16)23(31)14-29-27(32)17-9-10-24(33-2)25(13-17)34-3/h4-13,15H,14H2,1-3H3,(H,29,32)/b6-4-. The predicted molar refractivity (Wildman–Crippen MR) is 136 cm³/mol. The van der Waals surface area contributed by atoms with Crippen molar-refractivity contribution in [3.05, 3.63) is 82.6 Å². The lowest BCUT2D eigenvalue weighted by molar-refractivity contribution is 0.0902. The number of thiophene rings is 1. The van der Waals surface area contributed by atoms with E-state index >= 15 is 0 Å². The Morgan fingerprint density at radius 2 is 1.89 bits per heavy atom. The van der Waals surface area contributed by atoms with Crippen LogP contribution in [0, 0.1) is 5.82 Å². The third-order valence-electron chi connectivity index (χ3n) is 5.38. The van der Waals surface area contributed by atoms with Gasteiger partial charge in [0, 0.05) is 21.9 Å². The van der Waals surface area contributed by atoms with Crippen LogP contribution in [-0.4, -0.2) is 37.4 Å². The number of ether oxygens (including phenoxy) is 2. The molecule has 0 aliphatic rings. The number of aromatic nitrogens is 1. The zero-order valence-corrected chi connectivity index (χ0v) is 20.2. The van der Waals surface area contributed by atoms with Crippen molar-refractivity contribution in [2.45, 2.75) is 6.92 Å². The molecular weight excluding hydrogens is 467 g/mol. The number of carbonyl (C=O) groups excluding carboxylic acids is 2. The summed E-state index contributed by atoms with van der Waals surface area (Å²) in [5.74, 6) is -0.159. The fourth-order valence-electron chi connectivity index (χ4n) is 3.67. The number of halogens is 1. The third kappa shape index (κ3) is 5.07. The van der Waals surface area contributed by atoms with E-state index in [2.05, 4.69) is 10.3 Å². The Balaban J connectivity index is 1.59. The fourth-order valence-corrected chi connectivity index (χ4v) is 4.64. The van der Waals surface area contributed by atoms with Gasteiger partial charge in [0.1, 0.15) is 11.5 Å². The largest absolute Gasteiger partial charge is 0.493 e. The Kier molecular flexibility index (Phi) is 7.22.